The predicted molar refractivity (Wildman–Crippen MR) is 153 cm³/mol. The van der Waals surface area contributed by atoms with Gasteiger partial charge in [-0.3, -0.25) is 24.1 Å². The second-order valence-electron chi connectivity index (χ2n) is 11.7. The number of amides is 4. The molecule has 236 valence electrons. The number of halogens is 1. The number of likely N-dealkylation sites (tertiary alicyclic amines) is 1. The van der Waals surface area contributed by atoms with Crippen molar-refractivity contribution in [3.05, 3.63) is 35.6 Å². The molecule has 4 aliphatic rings. The van der Waals surface area contributed by atoms with Gasteiger partial charge in [-0.1, -0.05) is 0 Å². The Morgan fingerprint density at radius 1 is 0.884 bits per heavy atom. The highest BCUT2D eigenvalue weighted by Crippen LogP contribution is 2.29. The first-order chi connectivity index (χ1) is 20.8. The fourth-order valence-electron chi connectivity index (χ4n) is 6.44. The largest absolute Gasteiger partial charge is 0.381 e. The summed E-state index contributed by atoms with van der Waals surface area (Å²) < 4.78 is 29.9. The highest BCUT2D eigenvalue weighted by molar-refractivity contribution is 5.94. The Morgan fingerprint density at radius 3 is 2.33 bits per heavy atom. The van der Waals surface area contributed by atoms with E-state index in [-0.39, 0.29) is 49.9 Å². The molecule has 13 heteroatoms. The smallest absolute Gasteiger partial charge is 0.253 e. The molecule has 0 saturated carbocycles. The van der Waals surface area contributed by atoms with Crippen molar-refractivity contribution in [2.45, 2.75) is 49.7 Å². The van der Waals surface area contributed by atoms with E-state index in [0.29, 0.717) is 83.5 Å². The van der Waals surface area contributed by atoms with Gasteiger partial charge in [-0.15, -0.1) is 0 Å². The molecule has 12 nitrogen and oxygen atoms in total. The lowest BCUT2D eigenvalue weighted by molar-refractivity contribution is -0.147. The molecule has 4 heterocycles. The molecule has 0 unspecified atom stereocenters. The third-order valence-corrected chi connectivity index (χ3v) is 8.89. The fraction of sp³-hybridized carbons (Fsp3) is 0.667. The average Bonchev–Trinajstić information content (AvgIpc) is 3.02. The molecule has 43 heavy (non-hydrogen) atoms. The third kappa shape index (κ3) is 8.08. The molecular formula is C30H42FN5O7. The summed E-state index contributed by atoms with van der Waals surface area (Å²) >= 11 is 0. The number of piperazine rings is 1. The summed E-state index contributed by atoms with van der Waals surface area (Å²) in [7, 11) is 0. The van der Waals surface area contributed by atoms with Gasteiger partial charge in [-0.2, -0.15) is 0 Å². The molecule has 4 aliphatic heterocycles. The number of benzene rings is 1. The van der Waals surface area contributed by atoms with Crippen LogP contribution in [0.1, 0.15) is 42.5 Å². The van der Waals surface area contributed by atoms with Crippen LogP contribution in [0.25, 0.3) is 0 Å². The van der Waals surface area contributed by atoms with E-state index in [2.05, 4.69) is 15.5 Å². The summed E-state index contributed by atoms with van der Waals surface area (Å²) in [5.41, 5.74) is -0.536. The van der Waals surface area contributed by atoms with Crippen LogP contribution in [-0.2, 0) is 28.6 Å². The van der Waals surface area contributed by atoms with Crippen molar-refractivity contribution < 1.29 is 37.8 Å². The Balaban J connectivity index is 1.32. The predicted octanol–water partition coefficient (Wildman–Crippen LogP) is 0.162. The van der Waals surface area contributed by atoms with E-state index in [9.17, 15) is 23.6 Å². The van der Waals surface area contributed by atoms with Gasteiger partial charge in [0.25, 0.3) is 5.91 Å². The maximum atomic E-state index is 14.0. The first-order valence-electron chi connectivity index (χ1n) is 15.2. The minimum atomic E-state index is -0.913. The van der Waals surface area contributed by atoms with Crippen molar-refractivity contribution >= 4 is 23.6 Å². The Morgan fingerprint density at radius 2 is 1.58 bits per heavy atom. The third-order valence-electron chi connectivity index (χ3n) is 8.89. The van der Waals surface area contributed by atoms with E-state index >= 15 is 0 Å². The van der Waals surface area contributed by atoms with Crippen LogP contribution in [0.4, 0.5) is 4.39 Å². The molecule has 4 saturated heterocycles. The Hall–Kier alpha value is -3.13. The van der Waals surface area contributed by atoms with Gasteiger partial charge in [0.15, 0.2) is 0 Å². The number of piperidine rings is 1. The van der Waals surface area contributed by atoms with Gasteiger partial charge in [0.1, 0.15) is 18.5 Å². The lowest BCUT2D eigenvalue weighted by atomic mass is 9.83. The van der Waals surface area contributed by atoms with Gasteiger partial charge < -0.3 is 34.6 Å². The van der Waals surface area contributed by atoms with E-state index < -0.39 is 17.4 Å². The zero-order chi connectivity index (χ0) is 30.2. The number of ether oxygens (including phenoxy) is 3. The summed E-state index contributed by atoms with van der Waals surface area (Å²) in [6.45, 7) is 4.36. The summed E-state index contributed by atoms with van der Waals surface area (Å²) in [5, 5.41) is 5.99. The van der Waals surface area contributed by atoms with E-state index in [4.69, 9.17) is 14.2 Å². The van der Waals surface area contributed by atoms with Crippen molar-refractivity contribution in [2.75, 3.05) is 78.9 Å². The maximum absolute atomic E-state index is 14.0. The normalized spacial score (nSPS) is 25.6. The Bertz CT molecular complexity index is 1140. The topological polar surface area (TPSA) is 130 Å². The first-order valence-corrected chi connectivity index (χ1v) is 15.2. The van der Waals surface area contributed by atoms with E-state index in [0.717, 1.165) is 12.8 Å². The second kappa shape index (κ2) is 14.6. The number of rotatable bonds is 2. The zero-order valence-corrected chi connectivity index (χ0v) is 24.6. The summed E-state index contributed by atoms with van der Waals surface area (Å²) in [4.78, 5) is 59.1. The molecule has 1 spiro atoms. The number of carbonyl (C=O) groups is 4. The van der Waals surface area contributed by atoms with Gasteiger partial charge in [0.05, 0.1) is 31.8 Å². The van der Waals surface area contributed by atoms with Crippen molar-refractivity contribution in [1.29, 1.82) is 0 Å². The molecule has 4 amide bonds. The van der Waals surface area contributed by atoms with Crippen molar-refractivity contribution in [1.82, 2.24) is 25.3 Å². The number of hydrogen-bond donors (Lipinski definition) is 2. The highest BCUT2D eigenvalue weighted by atomic mass is 19.1. The average molecular weight is 604 g/mol. The van der Waals surface area contributed by atoms with Crippen LogP contribution in [0, 0.1) is 5.82 Å². The number of hydrogen-bond acceptors (Lipinski definition) is 8. The Labute approximate surface area is 251 Å². The number of nitrogens with one attached hydrogen (secondary N) is 2. The molecule has 0 bridgehead atoms. The van der Waals surface area contributed by atoms with Gasteiger partial charge in [0.2, 0.25) is 17.7 Å². The zero-order valence-electron chi connectivity index (χ0n) is 24.6. The van der Waals surface area contributed by atoms with Crippen molar-refractivity contribution in [3.8, 4) is 0 Å². The second-order valence-corrected chi connectivity index (χ2v) is 11.7. The lowest BCUT2D eigenvalue weighted by Crippen LogP contribution is -2.64. The molecule has 2 N–H and O–H groups in total. The standard InChI is InChI=1S/C30H42FN5O7/c31-23-3-1-22(2-4-23)29(40)34-10-7-30(8-11-34)19-27(38)36-13-12-35(24-5-14-41-15-6-24)20-25(36)28(39)32-9-16-42-17-18-43-21-26(37)33-30/h1-4,24-25H,5-21H2,(H,32,39)(H,33,37)/t25-/m0/s1. The summed E-state index contributed by atoms with van der Waals surface area (Å²) in [5.74, 6) is -1.44. The molecule has 4 fully saturated rings. The van der Waals surface area contributed by atoms with Crippen LogP contribution < -0.4 is 10.6 Å². The molecule has 0 radical (unpaired) electrons. The van der Waals surface area contributed by atoms with Crippen LogP contribution >= 0.6 is 0 Å². The monoisotopic (exact) mass is 603 g/mol. The van der Waals surface area contributed by atoms with Gasteiger partial charge in [-0.25, -0.2) is 4.39 Å². The van der Waals surface area contributed by atoms with E-state index in [1.165, 1.54) is 24.3 Å². The van der Waals surface area contributed by atoms with Gasteiger partial charge in [-0.05, 0) is 49.9 Å². The highest BCUT2D eigenvalue weighted by Gasteiger charge is 2.43. The Kier molecular flexibility index (Phi) is 10.6. The minimum absolute atomic E-state index is 0.00147. The van der Waals surface area contributed by atoms with Gasteiger partial charge >= 0.3 is 0 Å². The maximum Gasteiger partial charge on any atom is 0.253 e. The first kappa shape index (κ1) is 31.3. The molecule has 0 aromatic heterocycles. The number of nitrogens with zero attached hydrogens (tertiary/aromatic N) is 3. The molecule has 0 aliphatic carbocycles. The molecular weight excluding hydrogens is 561 g/mol. The van der Waals surface area contributed by atoms with Crippen LogP contribution in [0.3, 0.4) is 0 Å². The number of carbonyl (C=O) groups excluding carboxylic acids is 4. The van der Waals surface area contributed by atoms with Crippen molar-refractivity contribution in [2.24, 2.45) is 0 Å². The summed E-state index contributed by atoms with van der Waals surface area (Å²) in [6, 6.07) is 5.03. The van der Waals surface area contributed by atoms with Crippen LogP contribution in [0.5, 0.6) is 0 Å². The van der Waals surface area contributed by atoms with Crippen LogP contribution in [0.2, 0.25) is 0 Å². The van der Waals surface area contributed by atoms with Gasteiger partial charge in [0, 0.05) is 64.1 Å². The van der Waals surface area contributed by atoms with E-state index in [1.807, 2.05) is 0 Å². The molecule has 1 aromatic carbocycles. The molecule has 5 rings (SSSR count). The number of fused-ring (bicyclic) bond motifs is 1. The SMILES string of the molecule is O=C1COCCOCCNC(=O)[C@@H]2CN(C3CCOCC3)CCN2C(=O)CC2(CCN(C(=O)c3ccc(F)cc3)CC2)N1. The van der Waals surface area contributed by atoms with Crippen LogP contribution in [-0.4, -0.2) is 135 Å². The molecule has 1 atom stereocenters. The minimum Gasteiger partial charge on any atom is -0.381 e. The fourth-order valence-corrected chi connectivity index (χ4v) is 6.44. The van der Waals surface area contributed by atoms with Crippen LogP contribution in [0.15, 0.2) is 24.3 Å². The van der Waals surface area contributed by atoms with E-state index in [1.54, 1.807) is 9.80 Å². The van der Waals surface area contributed by atoms with Crippen molar-refractivity contribution in [3.63, 3.8) is 0 Å². The lowest BCUT2D eigenvalue weighted by Gasteiger charge is -2.47. The molecule has 1 aromatic rings. The summed E-state index contributed by atoms with van der Waals surface area (Å²) in [6.07, 6.45) is 2.47. The quantitative estimate of drug-likeness (QED) is 0.490.